The zero-order valence-electron chi connectivity index (χ0n) is 8.04. The average molecular weight is 236 g/mol. The van der Waals surface area contributed by atoms with E-state index in [2.05, 4.69) is 4.99 Å². The molecule has 0 aliphatic carbocycles. The summed E-state index contributed by atoms with van der Waals surface area (Å²) in [5.41, 5.74) is 5.89. The lowest BCUT2D eigenvalue weighted by molar-refractivity contribution is 0.268. The van der Waals surface area contributed by atoms with Crippen molar-refractivity contribution in [3.05, 3.63) is 28.7 Å². The fraction of sp³-hybridized carbons (Fsp3) is 0. The van der Waals surface area contributed by atoms with E-state index in [1.54, 1.807) is 0 Å². The van der Waals surface area contributed by atoms with Gasteiger partial charge < -0.3 is 15.9 Å². The molecule has 2 rings (SSSR count). The monoisotopic (exact) mass is 236 g/mol. The Labute approximate surface area is 95.3 Å². The molecule has 1 aliphatic heterocycles. The largest absolute Gasteiger partial charge is 0.508 e. The summed E-state index contributed by atoms with van der Waals surface area (Å²) in [5.74, 6) is 0.144. The van der Waals surface area contributed by atoms with E-state index in [1.165, 1.54) is 24.3 Å². The maximum Gasteiger partial charge on any atom is 0.311 e. The molecule has 1 aromatic rings. The first-order valence-electron chi connectivity index (χ1n) is 4.36. The van der Waals surface area contributed by atoms with Crippen molar-refractivity contribution < 1.29 is 15.0 Å². The van der Waals surface area contributed by atoms with Crippen LogP contribution in [0.15, 0.2) is 28.1 Å². The van der Waals surface area contributed by atoms with E-state index in [1.807, 2.05) is 0 Å². The summed E-state index contributed by atoms with van der Waals surface area (Å²) in [7, 11) is 0. The van der Waals surface area contributed by atoms with Crippen molar-refractivity contribution in [3.63, 3.8) is 0 Å². The number of nitrogens with zero attached hydrogens (tertiary/aromatic N) is 1. The summed E-state index contributed by atoms with van der Waals surface area (Å²) in [6.45, 7) is 0. The number of hydrogen-bond acceptors (Lipinski definition) is 5. The Hall–Kier alpha value is -1.95. The van der Waals surface area contributed by atoms with Crippen LogP contribution in [-0.2, 0) is 0 Å². The highest BCUT2D eigenvalue weighted by Crippen LogP contribution is 2.31. The fourth-order valence-corrected chi connectivity index (χ4v) is 1.89. The topological polar surface area (TPSA) is 95.9 Å². The second-order valence-corrected chi connectivity index (χ2v) is 4.11. The molecule has 6 heteroatoms. The average Bonchev–Trinajstić information content (AvgIpc) is 2.51. The third-order valence-electron chi connectivity index (χ3n) is 1.96. The third-order valence-corrected chi connectivity index (χ3v) is 2.77. The van der Waals surface area contributed by atoms with Gasteiger partial charge in [0, 0.05) is 5.56 Å². The first-order valence-corrected chi connectivity index (χ1v) is 5.18. The van der Waals surface area contributed by atoms with E-state index in [0.29, 0.717) is 10.5 Å². The molecule has 1 amide bonds. The van der Waals surface area contributed by atoms with Gasteiger partial charge in [-0.3, -0.25) is 4.79 Å². The fourth-order valence-electron chi connectivity index (χ4n) is 1.22. The molecule has 0 bridgehead atoms. The van der Waals surface area contributed by atoms with Crippen molar-refractivity contribution >= 4 is 28.9 Å². The number of amidine groups is 1. The van der Waals surface area contributed by atoms with Crippen LogP contribution in [0, 0.1) is 0 Å². The van der Waals surface area contributed by atoms with Gasteiger partial charge in [0.15, 0.2) is 0 Å². The van der Waals surface area contributed by atoms with Gasteiger partial charge in [-0.1, -0.05) is 0 Å². The van der Waals surface area contributed by atoms with Gasteiger partial charge in [0.05, 0.1) is 4.91 Å². The van der Waals surface area contributed by atoms with Crippen LogP contribution in [0.5, 0.6) is 11.5 Å². The smallest absolute Gasteiger partial charge is 0.311 e. The van der Waals surface area contributed by atoms with Crippen LogP contribution in [0.25, 0.3) is 6.08 Å². The lowest BCUT2D eigenvalue weighted by Crippen LogP contribution is -2.08. The number of carbonyl (C=O) groups is 1. The van der Waals surface area contributed by atoms with E-state index >= 15 is 0 Å². The number of aromatic hydroxyl groups is 2. The summed E-state index contributed by atoms with van der Waals surface area (Å²) >= 11 is 0.884. The van der Waals surface area contributed by atoms with Crippen molar-refractivity contribution in [2.75, 3.05) is 0 Å². The van der Waals surface area contributed by atoms with Crippen LogP contribution in [0.3, 0.4) is 0 Å². The molecule has 0 aromatic heterocycles. The SMILES string of the molecule is NC1=NC(=O)S/C1=C\c1cc(O)ccc1O. The van der Waals surface area contributed by atoms with E-state index in [0.717, 1.165) is 11.8 Å². The minimum Gasteiger partial charge on any atom is -0.508 e. The lowest BCUT2D eigenvalue weighted by Gasteiger charge is -2.01. The maximum absolute atomic E-state index is 10.9. The Morgan fingerprint density at radius 1 is 1.38 bits per heavy atom. The molecule has 0 radical (unpaired) electrons. The molecule has 1 aromatic carbocycles. The van der Waals surface area contributed by atoms with E-state index in [4.69, 9.17) is 5.73 Å². The number of phenolic OH excluding ortho intramolecular Hbond substituents is 2. The summed E-state index contributed by atoms with van der Waals surface area (Å²) in [5, 5.41) is 18.4. The van der Waals surface area contributed by atoms with Crippen LogP contribution < -0.4 is 5.73 Å². The van der Waals surface area contributed by atoms with Gasteiger partial charge in [-0.15, -0.1) is 0 Å². The molecule has 0 saturated carbocycles. The summed E-state index contributed by atoms with van der Waals surface area (Å²) in [6.07, 6.45) is 1.50. The quantitative estimate of drug-likeness (QED) is 0.644. The van der Waals surface area contributed by atoms with Crippen molar-refractivity contribution in [3.8, 4) is 11.5 Å². The Bertz CT molecular complexity index is 523. The van der Waals surface area contributed by atoms with Crippen molar-refractivity contribution in [2.24, 2.45) is 10.7 Å². The number of hydrogen-bond donors (Lipinski definition) is 3. The molecular weight excluding hydrogens is 228 g/mol. The first-order chi connectivity index (χ1) is 7.56. The molecule has 0 saturated heterocycles. The second kappa shape index (κ2) is 3.90. The second-order valence-electron chi connectivity index (χ2n) is 3.12. The Morgan fingerprint density at radius 3 is 2.75 bits per heavy atom. The van der Waals surface area contributed by atoms with Gasteiger partial charge in [0.25, 0.3) is 0 Å². The predicted molar refractivity (Wildman–Crippen MR) is 62.4 cm³/mol. The summed E-state index contributed by atoms with van der Waals surface area (Å²) in [4.78, 5) is 14.9. The molecule has 1 aliphatic rings. The molecule has 4 N–H and O–H groups in total. The van der Waals surface area contributed by atoms with Gasteiger partial charge in [-0.05, 0) is 36.0 Å². The molecule has 0 atom stereocenters. The highest BCUT2D eigenvalue weighted by Gasteiger charge is 2.19. The number of nitrogens with two attached hydrogens (primary N) is 1. The molecule has 0 unspecified atom stereocenters. The summed E-state index contributed by atoms with van der Waals surface area (Å²) in [6, 6.07) is 4.09. The van der Waals surface area contributed by atoms with Crippen LogP contribution in [0.2, 0.25) is 0 Å². The van der Waals surface area contributed by atoms with Crippen LogP contribution >= 0.6 is 11.8 Å². The van der Waals surface area contributed by atoms with Gasteiger partial charge in [0.2, 0.25) is 0 Å². The van der Waals surface area contributed by atoms with E-state index in [9.17, 15) is 15.0 Å². The standard InChI is InChI=1S/C10H8N2O3S/c11-9-8(16-10(15)12-9)4-5-3-6(13)1-2-7(5)14/h1-4,13-14H,(H2,11,12,15)/b8-4-. The molecule has 1 heterocycles. The number of aliphatic imine (C=N–C) groups is 1. The molecular formula is C10H8N2O3S. The number of benzene rings is 1. The van der Waals surface area contributed by atoms with Crippen LogP contribution in [-0.4, -0.2) is 21.3 Å². The molecule has 5 nitrogen and oxygen atoms in total. The van der Waals surface area contributed by atoms with Gasteiger partial charge in [0.1, 0.15) is 17.3 Å². The highest BCUT2D eigenvalue weighted by molar-refractivity contribution is 8.18. The Morgan fingerprint density at radius 2 is 2.12 bits per heavy atom. The molecule has 0 spiro atoms. The number of thioether (sulfide) groups is 1. The number of carbonyl (C=O) groups excluding carboxylic acids is 1. The third kappa shape index (κ3) is 2.01. The Kier molecular flexibility index (Phi) is 2.57. The zero-order valence-corrected chi connectivity index (χ0v) is 8.86. The highest BCUT2D eigenvalue weighted by atomic mass is 32.2. The number of phenols is 2. The molecule has 16 heavy (non-hydrogen) atoms. The number of rotatable bonds is 1. The Balaban J connectivity index is 2.40. The molecule has 0 fully saturated rings. The predicted octanol–water partition coefficient (Wildman–Crippen LogP) is 1.66. The van der Waals surface area contributed by atoms with Crippen molar-refractivity contribution in [2.45, 2.75) is 0 Å². The normalized spacial score (nSPS) is 17.9. The van der Waals surface area contributed by atoms with E-state index < -0.39 is 0 Å². The lowest BCUT2D eigenvalue weighted by atomic mass is 10.1. The van der Waals surface area contributed by atoms with Crippen molar-refractivity contribution in [1.82, 2.24) is 0 Å². The zero-order chi connectivity index (χ0) is 11.7. The number of amides is 1. The van der Waals surface area contributed by atoms with Crippen LogP contribution in [0.4, 0.5) is 4.79 Å². The minimum atomic E-state index is -0.386. The van der Waals surface area contributed by atoms with Gasteiger partial charge in [-0.2, -0.15) is 4.99 Å². The maximum atomic E-state index is 10.9. The molecule has 82 valence electrons. The van der Waals surface area contributed by atoms with Crippen LogP contribution in [0.1, 0.15) is 5.56 Å². The van der Waals surface area contributed by atoms with Gasteiger partial charge >= 0.3 is 5.24 Å². The van der Waals surface area contributed by atoms with E-state index in [-0.39, 0.29) is 22.6 Å². The van der Waals surface area contributed by atoms with Crippen molar-refractivity contribution in [1.29, 1.82) is 0 Å². The minimum absolute atomic E-state index is 0.00181. The summed E-state index contributed by atoms with van der Waals surface area (Å²) < 4.78 is 0. The van der Waals surface area contributed by atoms with Gasteiger partial charge in [-0.25, -0.2) is 0 Å². The first kappa shape index (κ1) is 10.6.